The fraction of sp³-hybridized carbons (Fsp3) is 0.643. The minimum absolute atomic E-state index is 0.0543. The standard InChI is InChI=1S/C14H21N3O3S/c1-10-12(21-9-15-10)7-16(2)14(20)17(8-13(18)19)11-5-3-4-6-11/h9,11H,3-8H2,1-2H3,(H,18,19). The molecule has 1 heterocycles. The topological polar surface area (TPSA) is 73.7 Å². The molecular weight excluding hydrogens is 290 g/mol. The van der Waals surface area contributed by atoms with Crippen LogP contribution in [0.2, 0.25) is 0 Å². The van der Waals surface area contributed by atoms with Crippen molar-refractivity contribution in [2.45, 2.75) is 45.2 Å². The van der Waals surface area contributed by atoms with E-state index in [-0.39, 0.29) is 18.6 Å². The zero-order valence-corrected chi connectivity index (χ0v) is 13.2. The SMILES string of the molecule is Cc1ncsc1CN(C)C(=O)N(CC(=O)O)C1CCCC1. The van der Waals surface area contributed by atoms with Gasteiger partial charge in [0.25, 0.3) is 0 Å². The predicted octanol–water partition coefficient (Wildman–Crippen LogP) is 2.33. The normalized spacial score (nSPS) is 15.1. The smallest absolute Gasteiger partial charge is 0.323 e. The third-order valence-corrected chi connectivity index (χ3v) is 4.79. The van der Waals surface area contributed by atoms with Gasteiger partial charge in [0.05, 0.1) is 17.7 Å². The summed E-state index contributed by atoms with van der Waals surface area (Å²) in [5.41, 5.74) is 2.68. The fourth-order valence-electron chi connectivity index (χ4n) is 2.69. The molecule has 7 heteroatoms. The van der Waals surface area contributed by atoms with Gasteiger partial charge in [-0.1, -0.05) is 12.8 Å². The van der Waals surface area contributed by atoms with Crippen molar-refractivity contribution in [3.8, 4) is 0 Å². The van der Waals surface area contributed by atoms with Crippen molar-refractivity contribution in [1.29, 1.82) is 0 Å². The summed E-state index contributed by atoms with van der Waals surface area (Å²) in [5.74, 6) is -0.961. The lowest BCUT2D eigenvalue weighted by Crippen LogP contribution is -2.48. The van der Waals surface area contributed by atoms with E-state index in [9.17, 15) is 9.59 Å². The number of urea groups is 1. The van der Waals surface area contributed by atoms with Gasteiger partial charge in [-0.3, -0.25) is 4.79 Å². The summed E-state index contributed by atoms with van der Waals surface area (Å²) in [4.78, 5) is 31.9. The van der Waals surface area contributed by atoms with Crippen LogP contribution in [-0.2, 0) is 11.3 Å². The molecule has 1 saturated carbocycles. The molecule has 0 bridgehead atoms. The average Bonchev–Trinajstić information content (AvgIpc) is 3.07. The lowest BCUT2D eigenvalue weighted by molar-refractivity contribution is -0.138. The highest BCUT2D eigenvalue weighted by atomic mass is 32.1. The van der Waals surface area contributed by atoms with Crippen LogP contribution >= 0.6 is 11.3 Å². The van der Waals surface area contributed by atoms with Crippen LogP contribution in [0, 0.1) is 6.92 Å². The summed E-state index contributed by atoms with van der Waals surface area (Å²) < 4.78 is 0. The molecule has 21 heavy (non-hydrogen) atoms. The van der Waals surface area contributed by atoms with Gasteiger partial charge in [-0.15, -0.1) is 11.3 Å². The number of aryl methyl sites for hydroxylation is 1. The molecule has 0 aliphatic heterocycles. The lowest BCUT2D eigenvalue weighted by atomic mass is 10.2. The van der Waals surface area contributed by atoms with E-state index in [1.165, 1.54) is 16.2 Å². The Morgan fingerprint density at radius 1 is 1.43 bits per heavy atom. The number of carboxylic acids is 1. The van der Waals surface area contributed by atoms with Gasteiger partial charge in [0.15, 0.2) is 0 Å². The number of carboxylic acid groups (broad SMARTS) is 1. The maximum absolute atomic E-state index is 12.6. The number of thiazole rings is 1. The highest BCUT2D eigenvalue weighted by Gasteiger charge is 2.30. The molecule has 0 aromatic carbocycles. The summed E-state index contributed by atoms with van der Waals surface area (Å²) in [7, 11) is 1.71. The van der Waals surface area contributed by atoms with E-state index in [1.807, 2.05) is 6.92 Å². The molecule has 0 radical (unpaired) electrons. The number of aromatic nitrogens is 1. The van der Waals surface area contributed by atoms with Crippen molar-refractivity contribution in [2.75, 3.05) is 13.6 Å². The maximum atomic E-state index is 12.6. The molecule has 1 N–H and O–H groups in total. The largest absolute Gasteiger partial charge is 0.480 e. The summed E-state index contributed by atoms with van der Waals surface area (Å²) >= 11 is 1.51. The summed E-state index contributed by atoms with van der Waals surface area (Å²) in [6.45, 7) is 2.16. The van der Waals surface area contributed by atoms with Gasteiger partial charge in [-0.05, 0) is 19.8 Å². The van der Waals surface area contributed by atoms with Crippen LogP contribution in [-0.4, -0.2) is 51.5 Å². The van der Waals surface area contributed by atoms with E-state index in [2.05, 4.69) is 4.98 Å². The van der Waals surface area contributed by atoms with Gasteiger partial charge >= 0.3 is 12.0 Å². The molecular formula is C14H21N3O3S. The fourth-order valence-corrected chi connectivity index (χ4v) is 3.52. The number of carbonyl (C=O) groups is 2. The van der Waals surface area contributed by atoms with Gasteiger partial charge in [0.2, 0.25) is 0 Å². The molecule has 6 nitrogen and oxygen atoms in total. The third kappa shape index (κ3) is 3.93. The number of nitrogens with zero attached hydrogens (tertiary/aromatic N) is 3. The van der Waals surface area contributed by atoms with Crippen molar-refractivity contribution < 1.29 is 14.7 Å². The number of carbonyl (C=O) groups excluding carboxylic acids is 1. The van der Waals surface area contributed by atoms with Gasteiger partial charge < -0.3 is 14.9 Å². The van der Waals surface area contributed by atoms with E-state index in [4.69, 9.17) is 5.11 Å². The molecule has 0 atom stereocenters. The summed E-state index contributed by atoms with van der Waals surface area (Å²) in [6.07, 6.45) is 3.91. The van der Waals surface area contributed by atoms with Crippen molar-refractivity contribution in [2.24, 2.45) is 0 Å². The minimum Gasteiger partial charge on any atom is -0.480 e. The molecule has 0 spiro atoms. The molecule has 116 valence electrons. The molecule has 1 fully saturated rings. The first-order chi connectivity index (χ1) is 9.99. The van der Waals surface area contributed by atoms with E-state index in [0.29, 0.717) is 6.54 Å². The Morgan fingerprint density at radius 3 is 2.62 bits per heavy atom. The lowest BCUT2D eigenvalue weighted by Gasteiger charge is -2.31. The van der Waals surface area contributed by atoms with Crippen molar-refractivity contribution in [3.63, 3.8) is 0 Å². The predicted molar refractivity (Wildman–Crippen MR) is 80.3 cm³/mol. The zero-order chi connectivity index (χ0) is 15.4. The number of hydrogen-bond acceptors (Lipinski definition) is 4. The van der Waals surface area contributed by atoms with E-state index < -0.39 is 5.97 Å². The first-order valence-corrected chi connectivity index (χ1v) is 7.99. The second kappa shape index (κ2) is 6.89. The van der Waals surface area contributed by atoms with Crippen LogP contribution in [0.15, 0.2) is 5.51 Å². The Labute approximate surface area is 128 Å². The number of amides is 2. The second-order valence-corrected chi connectivity index (χ2v) is 6.40. The summed E-state index contributed by atoms with van der Waals surface area (Å²) in [6, 6.07) is -0.157. The van der Waals surface area contributed by atoms with Crippen LogP contribution in [0.1, 0.15) is 36.3 Å². The number of rotatable bonds is 5. The van der Waals surface area contributed by atoms with E-state index in [1.54, 1.807) is 17.5 Å². The monoisotopic (exact) mass is 311 g/mol. The highest BCUT2D eigenvalue weighted by Crippen LogP contribution is 2.25. The van der Waals surface area contributed by atoms with Crippen LogP contribution in [0.5, 0.6) is 0 Å². The zero-order valence-electron chi connectivity index (χ0n) is 12.4. The van der Waals surface area contributed by atoms with Gasteiger partial charge in [0, 0.05) is 18.0 Å². The number of hydrogen-bond donors (Lipinski definition) is 1. The van der Waals surface area contributed by atoms with Crippen LogP contribution in [0.25, 0.3) is 0 Å². The second-order valence-electron chi connectivity index (χ2n) is 5.46. The van der Waals surface area contributed by atoms with Crippen LogP contribution < -0.4 is 0 Å². The molecule has 1 aliphatic rings. The average molecular weight is 311 g/mol. The minimum atomic E-state index is -0.961. The van der Waals surface area contributed by atoms with Gasteiger partial charge in [-0.25, -0.2) is 9.78 Å². The Hall–Kier alpha value is -1.63. The quantitative estimate of drug-likeness (QED) is 0.905. The number of aliphatic carboxylic acids is 1. The highest BCUT2D eigenvalue weighted by molar-refractivity contribution is 7.09. The molecule has 0 saturated heterocycles. The van der Waals surface area contributed by atoms with Gasteiger partial charge in [0.1, 0.15) is 6.54 Å². The molecule has 1 aromatic rings. The third-order valence-electron chi connectivity index (χ3n) is 3.87. The Morgan fingerprint density at radius 2 is 2.10 bits per heavy atom. The van der Waals surface area contributed by atoms with Gasteiger partial charge in [-0.2, -0.15) is 0 Å². The van der Waals surface area contributed by atoms with E-state index in [0.717, 1.165) is 36.3 Å². The summed E-state index contributed by atoms with van der Waals surface area (Å²) in [5, 5.41) is 9.06. The van der Waals surface area contributed by atoms with Crippen LogP contribution in [0.4, 0.5) is 4.79 Å². The molecule has 2 amide bonds. The molecule has 1 aliphatic carbocycles. The Balaban J connectivity index is 2.05. The first kappa shape index (κ1) is 15.8. The molecule has 1 aromatic heterocycles. The first-order valence-electron chi connectivity index (χ1n) is 7.11. The van der Waals surface area contributed by atoms with Crippen molar-refractivity contribution in [3.05, 3.63) is 16.1 Å². The van der Waals surface area contributed by atoms with Crippen LogP contribution in [0.3, 0.4) is 0 Å². The Kier molecular flexibility index (Phi) is 5.17. The Bertz CT molecular complexity index is 511. The maximum Gasteiger partial charge on any atom is 0.323 e. The van der Waals surface area contributed by atoms with E-state index >= 15 is 0 Å². The van der Waals surface area contributed by atoms with Crippen molar-refractivity contribution in [1.82, 2.24) is 14.8 Å². The molecule has 0 unspecified atom stereocenters. The molecule has 2 rings (SSSR count). The van der Waals surface area contributed by atoms with Crippen molar-refractivity contribution >= 4 is 23.3 Å².